The predicted molar refractivity (Wildman–Crippen MR) is 62.6 cm³/mol. The second-order valence-corrected chi connectivity index (χ2v) is 4.26. The third-order valence-electron chi connectivity index (χ3n) is 2.36. The SMILES string of the molecule is Cc1cc(OCC(C)N(C)C)cnc1Cl. The molecule has 4 heteroatoms. The van der Waals surface area contributed by atoms with Crippen LogP contribution in [0.5, 0.6) is 5.75 Å². The van der Waals surface area contributed by atoms with Gasteiger partial charge in [0.2, 0.25) is 0 Å². The zero-order chi connectivity index (χ0) is 11.4. The topological polar surface area (TPSA) is 25.4 Å². The van der Waals surface area contributed by atoms with E-state index < -0.39 is 0 Å². The first-order valence-electron chi connectivity index (χ1n) is 4.92. The van der Waals surface area contributed by atoms with E-state index in [0.717, 1.165) is 11.3 Å². The fraction of sp³-hybridized carbons (Fsp3) is 0.545. The molecular formula is C11H17ClN2O. The minimum Gasteiger partial charge on any atom is -0.490 e. The molecule has 1 aromatic rings. The maximum Gasteiger partial charge on any atom is 0.138 e. The highest BCUT2D eigenvalue weighted by molar-refractivity contribution is 6.30. The Balaban J connectivity index is 2.55. The van der Waals surface area contributed by atoms with Crippen molar-refractivity contribution in [3.63, 3.8) is 0 Å². The van der Waals surface area contributed by atoms with Crippen molar-refractivity contribution in [2.45, 2.75) is 19.9 Å². The largest absolute Gasteiger partial charge is 0.490 e. The van der Waals surface area contributed by atoms with Crippen LogP contribution in [0.25, 0.3) is 0 Å². The lowest BCUT2D eigenvalue weighted by atomic mass is 10.3. The Labute approximate surface area is 96.0 Å². The van der Waals surface area contributed by atoms with Crippen LogP contribution in [0.4, 0.5) is 0 Å². The average molecular weight is 229 g/mol. The molecule has 0 spiro atoms. The predicted octanol–water partition coefficient (Wildman–Crippen LogP) is 2.37. The van der Waals surface area contributed by atoms with Crippen molar-refractivity contribution in [2.24, 2.45) is 0 Å². The quantitative estimate of drug-likeness (QED) is 0.740. The van der Waals surface area contributed by atoms with Crippen LogP contribution in [0, 0.1) is 6.92 Å². The van der Waals surface area contributed by atoms with E-state index in [9.17, 15) is 0 Å². The van der Waals surface area contributed by atoms with Crippen LogP contribution in [-0.2, 0) is 0 Å². The summed E-state index contributed by atoms with van der Waals surface area (Å²) < 4.78 is 5.60. The number of pyridine rings is 1. The summed E-state index contributed by atoms with van der Waals surface area (Å²) in [6.45, 7) is 4.67. The van der Waals surface area contributed by atoms with Gasteiger partial charge in [0.1, 0.15) is 17.5 Å². The van der Waals surface area contributed by atoms with Gasteiger partial charge in [0.05, 0.1) is 6.20 Å². The van der Waals surface area contributed by atoms with Gasteiger partial charge in [0.15, 0.2) is 0 Å². The van der Waals surface area contributed by atoms with E-state index in [-0.39, 0.29) is 0 Å². The standard InChI is InChI=1S/C11H17ClN2O/c1-8-5-10(6-13-11(8)12)15-7-9(2)14(3)4/h5-6,9H,7H2,1-4H3. The molecule has 1 atom stereocenters. The maximum atomic E-state index is 5.82. The van der Waals surface area contributed by atoms with E-state index in [1.807, 2.05) is 27.1 Å². The lowest BCUT2D eigenvalue weighted by molar-refractivity contribution is 0.198. The van der Waals surface area contributed by atoms with Crippen LogP contribution < -0.4 is 4.74 Å². The second-order valence-electron chi connectivity index (χ2n) is 3.90. The highest BCUT2D eigenvalue weighted by Gasteiger charge is 2.06. The summed E-state index contributed by atoms with van der Waals surface area (Å²) in [5.41, 5.74) is 0.937. The molecule has 0 aromatic carbocycles. The first-order valence-corrected chi connectivity index (χ1v) is 5.30. The molecule has 1 unspecified atom stereocenters. The molecule has 3 nitrogen and oxygen atoms in total. The Bertz CT molecular complexity index is 328. The van der Waals surface area contributed by atoms with Gasteiger partial charge in [-0.3, -0.25) is 0 Å². The van der Waals surface area contributed by atoms with Crippen LogP contribution >= 0.6 is 11.6 Å². The lowest BCUT2D eigenvalue weighted by Gasteiger charge is -2.19. The van der Waals surface area contributed by atoms with Gasteiger partial charge in [-0.1, -0.05) is 11.6 Å². The number of ether oxygens (including phenoxy) is 1. The molecule has 15 heavy (non-hydrogen) atoms. The number of aromatic nitrogens is 1. The number of hydrogen-bond donors (Lipinski definition) is 0. The Morgan fingerprint density at radius 3 is 2.73 bits per heavy atom. The van der Waals surface area contributed by atoms with Crippen molar-refractivity contribution >= 4 is 11.6 Å². The van der Waals surface area contributed by atoms with Crippen molar-refractivity contribution in [2.75, 3.05) is 20.7 Å². The van der Waals surface area contributed by atoms with E-state index >= 15 is 0 Å². The molecule has 0 saturated carbocycles. The van der Waals surface area contributed by atoms with Gasteiger partial charge in [0.25, 0.3) is 0 Å². The van der Waals surface area contributed by atoms with E-state index in [4.69, 9.17) is 16.3 Å². The van der Waals surface area contributed by atoms with E-state index in [1.165, 1.54) is 0 Å². The third-order valence-corrected chi connectivity index (χ3v) is 2.76. The number of likely N-dealkylation sites (N-methyl/N-ethyl adjacent to an activating group) is 1. The van der Waals surface area contributed by atoms with Crippen molar-refractivity contribution in [3.8, 4) is 5.75 Å². The average Bonchev–Trinajstić information content (AvgIpc) is 2.19. The van der Waals surface area contributed by atoms with Gasteiger partial charge in [-0.2, -0.15) is 0 Å². The second kappa shape index (κ2) is 5.33. The van der Waals surface area contributed by atoms with Gasteiger partial charge in [0, 0.05) is 6.04 Å². The van der Waals surface area contributed by atoms with Crippen LogP contribution in [-0.4, -0.2) is 36.6 Å². The van der Waals surface area contributed by atoms with Crippen molar-refractivity contribution in [1.29, 1.82) is 0 Å². The number of rotatable bonds is 4. The van der Waals surface area contributed by atoms with Crippen molar-refractivity contribution in [3.05, 3.63) is 23.0 Å². The molecule has 0 radical (unpaired) electrons. The number of halogens is 1. The molecule has 0 amide bonds. The summed E-state index contributed by atoms with van der Waals surface area (Å²) in [5.74, 6) is 0.769. The fourth-order valence-corrected chi connectivity index (χ4v) is 1.08. The Morgan fingerprint density at radius 2 is 2.20 bits per heavy atom. The Morgan fingerprint density at radius 1 is 1.53 bits per heavy atom. The van der Waals surface area contributed by atoms with E-state index in [1.54, 1.807) is 6.20 Å². The molecular weight excluding hydrogens is 212 g/mol. The highest BCUT2D eigenvalue weighted by Crippen LogP contribution is 2.18. The lowest BCUT2D eigenvalue weighted by Crippen LogP contribution is -2.30. The molecule has 1 heterocycles. The van der Waals surface area contributed by atoms with Gasteiger partial charge >= 0.3 is 0 Å². The summed E-state index contributed by atoms with van der Waals surface area (Å²) in [7, 11) is 4.05. The monoisotopic (exact) mass is 228 g/mol. The summed E-state index contributed by atoms with van der Waals surface area (Å²) >= 11 is 5.82. The van der Waals surface area contributed by atoms with Crippen LogP contribution in [0.3, 0.4) is 0 Å². The van der Waals surface area contributed by atoms with Crippen molar-refractivity contribution in [1.82, 2.24) is 9.88 Å². The summed E-state index contributed by atoms with van der Waals surface area (Å²) in [4.78, 5) is 6.14. The van der Waals surface area contributed by atoms with Crippen LogP contribution in [0.15, 0.2) is 12.3 Å². The number of hydrogen-bond acceptors (Lipinski definition) is 3. The molecule has 84 valence electrons. The van der Waals surface area contributed by atoms with Crippen LogP contribution in [0.1, 0.15) is 12.5 Å². The van der Waals surface area contributed by atoms with E-state index in [2.05, 4.69) is 16.8 Å². The fourth-order valence-electron chi connectivity index (χ4n) is 0.977. The minimum atomic E-state index is 0.376. The zero-order valence-electron chi connectivity index (χ0n) is 9.62. The first-order chi connectivity index (χ1) is 7.00. The normalized spacial score (nSPS) is 12.9. The molecule has 0 aliphatic carbocycles. The molecule has 0 bridgehead atoms. The molecule has 1 rings (SSSR count). The summed E-state index contributed by atoms with van der Waals surface area (Å²) in [5, 5.41) is 0.531. The van der Waals surface area contributed by atoms with Gasteiger partial charge < -0.3 is 9.64 Å². The van der Waals surface area contributed by atoms with Crippen LogP contribution in [0.2, 0.25) is 5.15 Å². The molecule has 0 aliphatic rings. The van der Waals surface area contributed by atoms with Gasteiger partial charge in [-0.25, -0.2) is 4.98 Å². The first kappa shape index (κ1) is 12.3. The summed E-state index contributed by atoms with van der Waals surface area (Å²) in [6, 6.07) is 2.28. The van der Waals surface area contributed by atoms with E-state index in [0.29, 0.717) is 17.8 Å². The van der Waals surface area contributed by atoms with Crippen molar-refractivity contribution < 1.29 is 4.74 Å². The number of aryl methyl sites for hydroxylation is 1. The van der Waals surface area contributed by atoms with Gasteiger partial charge in [-0.05, 0) is 39.6 Å². The minimum absolute atomic E-state index is 0.376. The third kappa shape index (κ3) is 3.68. The Kier molecular flexibility index (Phi) is 4.36. The molecule has 0 aliphatic heterocycles. The smallest absolute Gasteiger partial charge is 0.138 e. The van der Waals surface area contributed by atoms with Gasteiger partial charge in [-0.15, -0.1) is 0 Å². The highest BCUT2D eigenvalue weighted by atomic mass is 35.5. The summed E-state index contributed by atoms with van der Waals surface area (Å²) in [6.07, 6.45) is 1.65. The molecule has 0 N–H and O–H groups in total. The molecule has 0 saturated heterocycles. The zero-order valence-corrected chi connectivity index (χ0v) is 10.4. The number of nitrogens with zero attached hydrogens (tertiary/aromatic N) is 2. The molecule has 1 aromatic heterocycles. The molecule has 0 fully saturated rings. The Hall–Kier alpha value is -0.800. The maximum absolute atomic E-state index is 5.82.